The van der Waals surface area contributed by atoms with Gasteiger partial charge < -0.3 is 18.9 Å². The van der Waals surface area contributed by atoms with Gasteiger partial charge in [-0.25, -0.2) is 18.1 Å². The van der Waals surface area contributed by atoms with Crippen LogP contribution < -0.4 is 19.1 Å². The fraction of sp³-hybridized carbons (Fsp3) is 0.222. The Labute approximate surface area is 224 Å². The standard InChI is InChI=1S/C27H24N2O9S/c1-35-20-8-10-21(11-9-20)39(33,34)28(15-17-3-12-23-24(13-17)38-16-37-23)22-14-25(30)29(26(22)31)19-6-4-18(5-7-19)27(32)36-2/h3-13,22H,14-16H2,1-2H3. The summed E-state index contributed by atoms with van der Waals surface area (Å²) in [5.41, 5.74) is 0.992. The smallest absolute Gasteiger partial charge is 0.337 e. The molecule has 0 bridgehead atoms. The lowest BCUT2D eigenvalue weighted by Gasteiger charge is -2.27. The Balaban J connectivity index is 1.51. The Morgan fingerprint density at radius 1 is 0.974 bits per heavy atom. The minimum Gasteiger partial charge on any atom is -0.497 e. The maximum atomic E-state index is 13.9. The van der Waals surface area contributed by atoms with Crippen LogP contribution in [0.4, 0.5) is 5.69 Å². The molecule has 0 aromatic heterocycles. The number of amides is 2. The number of hydrogen-bond donors (Lipinski definition) is 0. The summed E-state index contributed by atoms with van der Waals surface area (Å²) >= 11 is 0. The number of rotatable bonds is 8. The fourth-order valence-corrected chi connectivity index (χ4v) is 6.01. The second-order valence-corrected chi connectivity index (χ2v) is 10.6. The SMILES string of the molecule is COC(=O)c1ccc(N2C(=O)CC(N(Cc3ccc4c(c3)OCO4)S(=O)(=O)c3ccc(OC)cc3)C2=O)cc1. The van der Waals surface area contributed by atoms with Gasteiger partial charge in [-0.05, 0) is 66.2 Å². The average Bonchev–Trinajstić information content (AvgIpc) is 3.54. The maximum Gasteiger partial charge on any atom is 0.337 e. The number of benzene rings is 3. The van der Waals surface area contributed by atoms with Crippen LogP contribution in [0.1, 0.15) is 22.3 Å². The lowest BCUT2D eigenvalue weighted by atomic mass is 10.1. The number of esters is 1. The number of methoxy groups -OCH3 is 2. The number of nitrogens with zero attached hydrogens (tertiary/aromatic N) is 2. The van der Waals surface area contributed by atoms with E-state index in [-0.39, 0.29) is 35.9 Å². The lowest BCUT2D eigenvalue weighted by molar-refractivity contribution is -0.122. The van der Waals surface area contributed by atoms with Crippen LogP contribution in [0.3, 0.4) is 0 Å². The van der Waals surface area contributed by atoms with Crippen LogP contribution in [0.15, 0.2) is 71.6 Å². The van der Waals surface area contributed by atoms with Crippen molar-refractivity contribution in [2.24, 2.45) is 0 Å². The van der Waals surface area contributed by atoms with Crippen molar-refractivity contribution >= 4 is 33.5 Å². The number of anilines is 1. The molecule has 1 unspecified atom stereocenters. The van der Waals surface area contributed by atoms with Crippen molar-refractivity contribution in [3.05, 3.63) is 77.9 Å². The molecule has 0 saturated carbocycles. The minimum absolute atomic E-state index is 0.0476. The van der Waals surface area contributed by atoms with Crippen molar-refractivity contribution in [2.75, 3.05) is 25.9 Å². The summed E-state index contributed by atoms with van der Waals surface area (Å²) in [5, 5.41) is 0. The molecule has 2 aliphatic rings. The quantitative estimate of drug-likeness (QED) is 0.306. The minimum atomic E-state index is -4.26. The highest BCUT2D eigenvalue weighted by atomic mass is 32.2. The number of hydrogen-bond acceptors (Lipinski definition) is 9. The molecule has 39 heavy (non-hydrogen) atoms. The Morgan fingerprint density at radius 2 is 1.67 bits per heavy atom. The molecule has 12 heteroatoms. The topological polar surface area (TPSA) is 129 Å². The molecule has 1 saturated heterocycles. The first kappa shape index (κ1) is 26.2. The van der Waals surface area contributed by atoms with E-state index in [0.29, 0.717) is 22.8 Å². The first-order valence-electron chi connectivity index (χ1n) is 11.8. The number of carbonyl (C=O) groups excluding carboxylic acids is 3. The molecule has 0 spiro atoms. The van der Waals surface area contributed by atoms with Crippen molar-refractivity contribution in [3.8, 4) is 17.2 Å². The van der Waals surface area contributed by atoms with Gasteiger partial charge in [0.15, 0.2) is 11.5 Å². The van der Waals surface area contributed by atoms with E-state index >= 15 is 0 Å². The van der Waals surface area contributed by atoms with E-state index in [1.165, 1.54) is 62.8 Å². The molecule has 0 aliphatic carbocycles. The number of sulfonamides is 1. The van der Waals surface area contributed by atoms with Gasteiger partial charge in [0.1, 0.15) is 11.8 Å². The van der Waals surface area contributed by atoms with E-state index < -0.39 is 33.8 Å². The fourth-order valence-electron chi connectivity index (χ4n) is 4.44. The highest BCUT2D eigenvalue weighted by Crippen LogP contribution is 2.35. The highest BCUT2D eigenvalue weighted by molar-refractivity contribution is 7.89. The normalized spacial score (nSPS) is 16.6. The molecule has 0 N–H and O–H groups in total. The molecule has 2 heterocycles. The highest BCUT2D eigenvalue weighted by Gasteiger charge is 2.47. The van der Waals surface area contributed by atoms with Gasteiger partial charge in [-0.2, -0.15) is 4.31 Å². The predicted molar refractivity (Wildman–Crippen MR) is 137 cm³/mol. The molecule has 202 valence electrons. The molecular formula is C27H24N2O9S. The van der Waals surface area contributed by atoms with Crippen molar-refractivity contribution in [2.45, 2.75) is 23.9 Å². The molecule has 0 radical (unpaired) electrons. The largest absolute Gasteiger partial charge is 0.497 e. The van der Waals surface area contributed by atoms with Gasteiger partial charge in [0.2, 0.25) is 22.7 Å². The van der Waals surface area contributed by atoms with Gasteiger partial charge in [0.25, 0.3) is 5.91 Å². The predicted octanol–water partition coefficient (Wildman–Crippen LogP) is 2.73. The van der Waals surface area contributed by atoms with E-state index in [2.05, 4.69) is 4.74 Å². The van der Waals surface area contributed by atoms with Gasteiger partial charge in [-0.15, -0.1) is 0 Å². The Kier molecular flexibility index (Phi) is 6.98. The van der Waals surface area contributed by atoms with Crippen LogP contribution in [0.25, 0.3) is 0 Å². The van der Waals surface area contributed by atoms with Crippen molar-refractivity contribution in [1.29, 1.82) is 0 Å². The van der Waals surface area contributed by atoms with Gasteiger partial charge in [0, 0.05) is 6.54 Å². The molecule has 3 aromatic rings. The summed E-state index contributed by atoms with van der Waals surface area (Å²) in [5.74, 6) is -0.406. The first-order valence-corrected chi connectivity index (χ1v) is 13.3. The van der Waals surface area contributed by atoms with E-state index in [1.54, 1.807) is 18.2 Å². The monoisotopic (exact) mass is 552 g/mol. The second kappa shape index (κ2) is 10.4. The Morgan fingerprint density at radius 3 is 2.33 bits per heavy atom. The van der Waals surface area contributed by atoms with Crippen LogP contribution in [0.2, 0.25) is 0 Å². The summed E-state index contributed by atoms with van der Waals surface area (Å²) in [7, 11) is -1.55. The third-order valence-electron chi connectivity index (χ3n) is 6.46. The van der Waals surface area contributed by atoms with E-state index in [0.717, 1.165) is 9.21 Å². The van der Waals surface area contributed by atoms with Crippen molar-refractivity contribution in [3.63, 3.8) is 0 Å². The molecule has 3 aromatic carbocycles. The Bertz CT molecular complexity index is 1540. The average molecular weight is 553 g/mol. The zero-order chi connectivity index (χ0) is 27.7. The molecule has 1 fully saturated rings. The number of carbonyl (C=O) groups is 3. The van der Waals surface area contributed by atoms with Gasteiger partial charge in [-0.1, -0.05) is 6.07 Å². The van der Waals surface area contributed by atoms with Crippen LogP contribution in [0, 0.1) is 0 Å². The second-order valence-electron chi connectivity index (χ2n) is 8.74. The summed E-state index contributed by atoms with van der Waals surface area (Å²) in [6, 6.07) is 15.2. The lowest BCUT2D eigenvalue weighted by Crippen LogP contribution is -2.45. The van der Waals surface area contributed by atoms with E-state index in [1.807, 2.05) is 0 Å². The number of imide groups is 1. The van der Waals surface area contributed by atoms with Crippen molar-refractivity contribution < 1.29 is 41.7 Å². The molecular weight excluding hydrogens is 528 g/mol. The van der Waals surface area contributed by atoms with Crippen molar-refractivity contribution in [1.82, 2.24) is 4.31 Å². The zero-order valence-electron chi connectivity index (χ0n) is 21.0. The van der Waals surface area contributed by atoms with Crippen LogP contribution in [-0.4, -0.2) is 57.6 Å². The third kappa shape index (κ3) is 4.91. The number of fused-ring (bicyclic) bond motifs is 1. The maximum absolute atomic E-state index is 13.9. The van der Waals surface area contributed by atoms with Crippen LogP contribution in [-0.2, 0) is 30.9 Å². The van der Waals surface area contributed by atoms with Gasteiger partial charge in [-0.3, -0.25) is 9.59 Å². The molecule has 2 aliphatic heterocycles. The summed E-state index contributed by atoms with van der Waals surface area (Å²) in [6.07, 6.45) is -0.364. The zero-order valence-corrected chi connectivity index (χ0v) is 21.8. The Hall–Kier alpha value is -4.42. The van der Waals surface area contributed by atoms with E-state index in [9.17, 15) is 22.8 Å². The van der Waals surface area contributed by atoms with Crippen LogP contribution >= 0.6 is 0 Å². The van der Waals surface area contributed by atoms with Crippen LogP contribution in [0.5, 0.6) is 17.2 Å². The molecule has 1 atom stereocenters. The van der Waals surface area contributed by atoms with E-state index in [4.69, 9.17) is 14.2 Å². The summed E-state index contributed by atoms with van der Waals surface area (Å²) < 4.78 is 49.4. The third-order valence-corrected chi connectivity index (χ3v) is 8.33. The molecule has 11 nitrogen and oxygen atoms in total. The van der Waals surface area contributed by atoms with Gasteiger partial charge >= 0.3 is 5.97 Å². The number of ether oxygens (including phenoxy) is 4. The summed E-state index contributed by atoms with van der Waals surface area (Å²) in [4.78, 5) is 39.3. The summed E-state index contributed by atoms with van der Waals surface area (Å²) in [6.45, 7) is -0.157. The molecule has 2 amide bonds. The molecule has 5 rings (SSSR count). The van der Waals surface area contributed by atoms with Gasteiger partial charge in [0.05, 0.1) is 36.8 Å². The first-order chi connectivity index (χ1) is 18.7.